The van der Waals surface area contributed by atoms with E-state index in [0.717, 1.165) is 23.4 Å². The molecule has 2 fully saturated rings. The second-order valence-electron chi connectivity index (χ2n) is 8.51. The average Bonchev–Trinajstić information content (AvgIpc) is 3.10. The average molecular weight is 485 g/mol. The molecule has 4 atom stereocenters. The molecule has 33 heavy (non-hydrogen) atoms. The normalized spacial score (nSPS) is 25.7. The highest BCUT2D eigenvalue weighted by Crippen LogP contribution is 2.49. The van der Waals surface area contributed by atoms with E-state index in [-0.39, 0.29) is 42.1 Å². The smallest absolute Gasteiger partial charge is 0.254 e. The van der Waals surface area contributed by atoms with Crippen LogP contribution in [0.4, 0.5) is 0 Å². The lowest BCUT2D eigenvalue weighted by Crippen LogP contribution is -2.38. The number of fused-ring (bicyclic) bond motifs is 1. The molecule has 6 nitrogen and oxygen atoms in total. The first kappa shape index (κ1) is 22.0. The molecule has 2 aromatic rings. The Kier molecular flexibility index (Phi) is 5.89. The molecule has 1 aliphatic heterocycles. The van der Waals surface area contributed by atoms with Crippen LogP contribution in [0.1, 0.15) is 24.0 Å². The van der Waals surface area contributed by atoms with Crippen molar-refractivity contribution in [3.05, 3.63) is 69.7 Å². The Balaban J connectivity index is 1.30. The molecule has 8 heteroatoms. The predicted molar refractivity (Wildman–Crippen MR) is 126 cm³/mol. The number of amides is 2. The fourth-order valence-electron chi connectivity index (χ4n) is 4.97. The fraction of sp³-hybridized carbons (Fsp3) is 0.320. The Morgan fingerprint density at radius 1 is 1.00 bits per heavy atom. The number of nitrogens with zero attached hydrogens (tertiary/aromatic N) is 2. The van der Waals surface area contributed by atoms with Crippen molar-refractivity contribution in [2.75, 3.05) is 7.11 Å². The van der Waals surface area contributed by atoms with Crippen molar-refractivity contribution >= 4 is 41.2 Å². The zero-order chi connectivity index (χ0) is 23.1. The van der Waals surface area contributed by atoms with Gasteiger partial charge in [0, 0.05) is 15.6 Å². The molecule has 170 valence electrons. The van der Waals surface area contributed by atoms with E-state index in [1.54, 1.807) is 37.4 Å². The van der Waals surface area contributed by atoms with Gasteiger partial charge in [-0.3, -0.25) is 9.59 Å². The third-order valence-electron chi connectivity index (χ3n) is 6.64. The first-order valence-corrected chi connectivity index (χ1v) is 11.6. The van der Waals surface area contributed by atoms with Crippen molar-refractivity contribution in [1.82, 2.24) is 5.01 Å². The van der Waals surface area contributed by atoms with E-state index in [1.807, 2.05) is 6.07 Å². The molecule has 2 amide bonds. The molecule has 3 aliphatic carbocycles. The van der Waals surface area contributed by atoms with Gasteiger partial charge in [0.25, 0.3) is 11.8 Å². The van der Waals surface area contributed by atoms with Gasteiger partial charge in [-0.05, 0) is 60.6 Å². The van der Waals surface area contributed by atoms with Crippen LogP contribution >= 0.6 is 23.2 Å². The van der Waals surface area contributed by atoms with Crippen LogP contribution in [0, 0.1) is 23.7 Å². The van der Waals surface area contributed by atoms with Gasteiger partial charge < -0.3 is 9.47 Å². The number of carbonyl (C=O) groups excluding carboxylic acids is 2. The molecule has 0 N–H and O–H groups in total. The summed E-state index contributed by atoms with van der Waals surface area (Å²) in [7, 11) is 1.54. The number of hydrogen-bond donors (Lipinski definition) is 0. The summed E-state index contributed by atoms with van der Waals surface area (Å²) >= 11 is 12.2. The number of halogens is 2. The number of benzene rings is 2. The molecular formula is C25H22Cl2N2O4. The highest BCUT2D eigenvalue weighted by molar-refractivity contribution is 6.35. The predicted octanol–water partition coefficient (Wildman–Crippen LogP) is 5.11. The van der Waals surface area contributed by atoms with Crippen molar-refractivity contribution in [2.24, 2.45) is 28.8 Å². The van der Waals surface area contributed by atoms with Crippen LogP contribution in [-0.2, 0) is 16.2 Å². The number of carbonyl (C=O) groups is 2. The molecule has 0 spiro atoms. The summed E-state index contributed by atoms with van der Waals surface area (Å²) in [4.78, 5) is 25.8. The van der Waals surface area contributed by atoms with Crippen molar-refractivity contribution in [2.45, 2.75) is 19.4 Å². The zero-order valence-corrected chi connectivity index (χ0v) is 19.4. The van der Waals surface area contributed by atoms with Gasteiger partial charge in [0.05, 0.1) is 25.2 Å². The Morgan fingerprint density at radius 2 is 1.70 bits per heavy atom. The molecule has 6 rings (SSSR count). The van der Waals surface area contributed by atoms with Gasteiger partial charge >= 0.3 is 0 Å². The van der Waals surface area contributed by atoms with Gasteiger partial charge in [0.15, 0.2) is 11.5 Å². The summed E-state index contributed by atoms with van der Waals surface area (Å²) in [5.74, 6) is 0.359. The van der Waals surface area contributed by atoms with E-state index in [2.05, 4.69) is 17.3 Å². The van der Waals surface area contributed by atoms with Crippen LogP contribution in [0.2, 0.25) is 10.0 Å². The molecule has 1 saturated carbocycles. The van der Waals surface area contributed by atoms with Crippen LogP contribution in [0.15, 0.2) is 53.7 Å². The summed E-state index contributed by atoms with van der Waals surface area (Å²) in [6.07, 6.45) is 7.60. The summed E-state index contributed by atoms with van der Waals surface area (Å²) in [6, 6.07) is 10.5. The van der Waals surface area contributed by atoms with E-state index in [1.165, 1.54) is 6.21 Å². The van der Waals surface area contributed by atoms with Gasteiger partial charge in [0.2, 0.25) is 0 Å². The maximum atomic E-state index is 12.9. The number of hydrogen-bond acceptors (Lipinski definition) is 5. The van der Waals surface area contributed by atoms with Crippen molar-refractivity contribution < 1.29 is 19.1 Å². The largest absolute Gasteiger partial charge is 0.493 e. The van der Waals surface area contributed by atoms with E-state index >= 15 is 0 Å². The van der Waals surface area contributed by atoms with E-state index < -0.39 is 0 Å². The van der Waals surface area contributed by atoms with Crippen molar-refractivity contribution in [3.63, 3.8) is 0 Å². The number of allylic oxidation sites excluding steroid dienone is 2. The van der Waals surface area contributed by atoms with Gasteiger partial charge in [-0.2, -0.15) is 10.1 Å². The first-order valence-electron chi connectivity index (χ1n) is 10.8. The number of hydrazone groups is 1. The van der Waals surface area contributed by atoms with E-state index in [4.69, 9.17) is 32.7 Å². The van der Waals surface area contributed by atoms with Gasteiger partial charge in [-0.1, -0.05) is 41.4 Å². The number of methoxy groups -OCH3 is 1. The van der Waals surface area contributed by atoms with Crippen LogP contribution in [-0.4, -0.2) is 30.1 Å². The lowest BCUT2D eigenvalue weighted by atomic mass is 9.63. The molecule has 0 radical (unpaired) electrons. The zero-order valence-electron chi connectivity index (χ0n) is 17.9. The second-order valence-corrected chi connectivity index (χ2v) is 9.35. The Bertz CT molecular complexity index is 1150. The maximum absolute atomic E-state index is 12.9. The first-order chi connectivity index (χ1) is 16.0. The molecular weight excluding hydrogens is 463 g/mol. The fourth-order valence-corrected chi connectivity index (χ4v) is 5.44. The summed E-state index contributed by atoms with van der Waals surface area (Å²) in [6.45, 7) is 0.246. The van der Waals surface area contributed by atoms with Crippen LogP contribution < -0.4 is 9.47 Å². The highest BCUT2D eigenvalue weighted by Gasteiger charge is 2.56. The van der Waals surface area contributed by atoms with Gasteiger partial charge in [-0.15, -0.1) is 0 Å². The molecule has 1 saturated heterocycles. The highest BCUT2D eigenvalue weighted by atomic mass is 35.5. The number of ether oxygens (including phenoxy) is 2. The topological polar surface area (TPSA) is 68.2 Å². The van der Waals surface area contributed by atoms with Crippen LogP contribution in [0.5, 0.6) is 11.5 Å². The summed E-state index contributed by atoms with van der Waals surface area (Å²) in [5, 5.41) is 6.38. The quantitative estimate of drug-likeness (QED) is 0.324. The standard InChI is InChI=1S/C25H22Cl2N2O4/c1-32-21-10-14(2-9-20(21)33-13-17-7-8-18(26)11-19(17)27)12-28-29-24(30)22-15-3-4-16(6-5-15)23(22)25(29)31/h2-4,7-12,15-16,22-23H,5-6,13H2,1H3/b28-12-/t15-,16-,22-,23+/m0/s1. The minimum Gasteiger partial charge on any atom is -0.493 e. The van der Waals surface area contributed by atoms with E-state index in [0.29, 0.717) is 27.1 Å². The lowest BCUT2D eigenvalue weighted by Gasteiger charge is -2.37. The van der Waals surface area contributed by atoms with Crippen molar-refractivity contribution in [1.29, 1.82) is 0 Å². The van der Waals surface area contributed by atoms with Crippen LogP contribution in [0.3, 0.4) is 0 Å². The molecule has 0 unspecified atom stereocenters. The number of imide groups is 1. The molecule has 2 aromatic carbocycles. The van der Waals surface area contributed by atoms with E-state index in [9.17, 15) is 9.59 Å². The summed E-state index contributed by atoms with van der Waals surface area (Å²) in [5.41, 5.74) is 1.48. The minimum atomic E-state index is -0.275. The molecule has 4 aliphatic rings. The van der Waals surface area contributed by atoms with Gasteiger partial charge in [0.1, 0.15) is 6.61 Å². The molecule has 0 aromatic heterocycles. The second kappa shape index (κ2) is 8.84. The van der Waals surface area contributed by atoms with Crippen LogP contribution in [0.25, 0.3) is 0 Å². The third-order valence-corrected chi connectivity index (χ3v) is 7.23. The SMILES string of the molecule is COc1cc(/C=N\N2C(=O)[C@@H]3[C@H](C2=O)[C@H]2C=C[C@H]3CC2)ccc1OCc1ccc(Cl)cc1Cl. The Labute approximate surface area is 201 Å². The molecule has 1 heterocycles. The lowest BCUT2D eigenvalue weighted by molar-refractivity contribution is -0.140. The summed E-state index contributed by atoms with van der Waals surface area (Å²) < 4.78 is 11.3. The Hall–Kier alpha value is -2.83. The molecule has 2 bridgehead atoms. The van der Waals surface area contributed by atoms with Crippen molar-refractivity contribution in [3.8, 4) is 11.5 Å². The maximum Gasteiger partial charge on any atom is 0.254 e. The monoisotopic (exact) mass is 484 g/mol. The third kappa shape index (κ3) is 4.02. The minimum absolute atomic E-state index is 0.141. The Morgan fingerprint density at radius 3 is 2.30 bits per heavy atom. The van der Waals surface area contributed by atoms with Gasteiger partial charge in [-0.25, -0.2) is 0 Å². The number of rotatable bonds is 6.